The summed E-state index contributed by atoms with van der Waals surface area (Å²) in [6.07, 6.45) is 8.36. The van der Waals surface area contributed by atoms with Gasteiger partial charge in [0.25, 0.3) is 0 Å². The third kappa shape index (κ3) is 6.11. The molecule has 1 aliphatic heterocycles. The van der Waals surface area contributed by atoms with Gasteiger partial charge in [-0.3, -0.25) is 4.99 Å². The Hall–Kier alpha value is -1.79. The average Bonchev–Trinajstić information content (AvgIpc) is 3.19. The van der Waals surface area contributed by atoms with E-state index in [9.17, 15) is 5.11 Å². The van der Waals surface area contributed by atoms with Crippen LogP contribution in [0.15, 0.2) is 29.3 Å². The van der Waals surface area contributed by atoms with E-state index < -0.39 is 0 Å². The van der Waals surface area contributed by atoms with E-state index in [0.717, 1.165) is 37.7 Å². The quantitative estimate of drug-likeness (QED) is 0.471. The minimum atomic E-state index is 0.00444. The number of nitrogens with one attached hydrogen (secondary N) is 2. The Morgan fingerprint density at radius 2 is 2.00 bits per heavy atom. The highest BCUT2D eigenvalue weighted by Crippen LogP contribution is 2.31. The SMILES string of the molecule is CN=C(NCc1ccc(OC2CCCCC2)cc1)NCC1(CCO)CCOC1. The molecule has 2 fully saturated rings. The molecule has 1 saturated heterocycles. The second-order valence-electron chi connectivity index (χ2n) is 8.08. The van der Waals surface area contributed by atoms with Gasteiger partial charge < -0.3 is 25.2 Å². The van der Waals surface area contributed by atoms with Crippen molar-refractivity contribution >= 4 is 5.96 Å². The van der Waals surface area contributed by atoms with E-state index in [1.807, 2.05) is 0 Å². The van der Waals surface area contributed by atoms with Gasteiger partial charge in [-0.1, -0.05) is 18.6 Å². The summed E-state index contributed by atoms with van der Waals surface area (Å²) in [5.41, 5.74) is 1.19. The van der Waals surface area contributed by atoms with Crippen molar-refractivity contribution in [3.8, 4) is 5.75 Å². The van der Waals surface area contributed by atoms with E-state index in [-0.39, 0.29) is 12.0 Å². The van der Waals surface area contributed by atoms with Gasteiger partial charge in [-0.2, -0.15) is 0 Å². The highest BCUT2D eigenvalue weighted by molar-refractivity contribution is 5.79. The van der Waals surface area contributed by atoms with Crippen LogP contribution in [-0.4, -0.2) is 50.6 Å². The number of ether oxygens (including phenoxy) is 2. The van der Waals surface area contributed by atoms with Crippen molar-refractivity contribution in [2.45, 2.75) is 57.6 Å². The molecule has 1 heterocycles. The molecular formula is C22H35N3O3. The van der Waals surface area contributed by atoms with Gasteiger partial charge in [0.1, 0.15) is 5.75 Å². The topological polar surface area (TPSA) is 75.1 Å². The number of hydrogen-bond acceptors (Lipinski definition) is 4. The van der Waals surface area contributed by atoms with Crippen LogP contribution in [0.5, 0.6) is 5.75 Å². The minimum absolute atomic E-state index is 0.00444. The molecule has 0 radical (unpaired) electrons. The summed E-state index contributed by atoms with van der Waals surface area (Å²) in [5, 5.41) is 16.1. The number of aliphatic hydroxyl groups excluding tert-OH is 1. The molecule has 1 aliphatic carbocycles. The zero-order valence-corrected chi connectivity index (χ0v) is 17.1. The maximum Gasteiger partial charge on any atom is 0.191 e. The second kappa shape index (κ2) is 10.7. The third-order valence-electron chi connectivity index (χ3n) is 5.92. The Morgan fingerprint density at radius 3 is 2.64 bits per heavy atom. The van der Waals surface area contributed by atoms with Gasteiger partial charge in [0.15, 0.2) is 5.96 Å². The number of benzene rings is 1. The molecule has 6 nitrogen and oxygen atoms in total. The predicted molar refractivity (Wildman–Crippen MR) is 112 cm³/mol. The van der Waals surface area contributed by atoms with Crippen LogP contribution in [0.25, 0.3) is 0 Å². The zero-order valence-electron chi connectivity index (χ0n) is 17.1. The van der Waals surface area contributed by atoms with Crippen LogP contribution in [0, 0.1) is 5.41 Å². The lowest BCUT2D eigenvalue weighted by molar-refractivity contribution is 0.127. The summed E-state index contributed by atoms with van der Waals surface area (Å²) < 4.78 is 11.6. The molecule has 3 N–H and O–H groups in total. The van der Waals surface area contributed by atoms with Crippen LogP contribution >= 0.6 is 0 Å². The molecule has 28 heavy (non-hydrogen) atoms. The Balaban J connectivity index is 1.44. The summed E-state index contributed by atoms with van der Waals surface area (Å²) in [6, 6.07) is 8.34. The fourth-order valence-electron chi connectivity index (χ4n) is 4.05. The van der Waals surface area contributed by atoms with Crippen LogP contribution in [-0.2, 0) is 11.3 Å². The second-order valence-corrected chi connectivity index (χ2v) is 8.08. The summed E-state index contributed by atoms with van der Waals surface area (Å²) in [6.45, 7) is 3.10. The van der Waals surface area contributed by atoms with Gasteiger partial charge in [-0.15, -0.1) is 0 Å². The van der Waals surface area contributed by atoms with E-state index in [1.54, 1.807) is 7.05 Å². The van der Waals surface area contributed by atoms with Gasteiger partial charge in [0.05, 0.1) is 12.7 Å². The first-order valence-corrected chi connectivity index (χ1v) is 10.6. The van der Waals surface area contributed by atoms with E-state index in [4.69, 9.17) is 9.47 Å². The van der Waals surface area contributed by atoms with Crippen LogP contribution in [0.2, 0.25) is 0 Å². The Kier molecular flexibility index (Phi) is 7.98. The summed E-state index contributed by atoms with van der Waals surface area (Å²) in [5.74, 6) is 1.73. The van der Waals surface area contributed by atoms with Crippen molar-refractivity contribution in [3.05, 3.63) is 29.8 Å². The average molecular weight is 390 g/mol. The minimum Gasteiger partial charge on any atom is -0.490 e. The van der Waals surface area contributed by atoms with Gasteiger partial charge in [0, 0.05) is 38.8 Å². The molecule has 1 aromatic rings. The Morgan fingerprint density at radius 1 is 1.21 bits per heavy atom. The van der Waals surface area contributed by atoms with Gasteiger partial charge in [0.2, 0.25) is 0 Å². The highest BCUT2D eigenvalue weighted by Gasteiger charge is 2.34. The first kappa shape index (κ1) is 20.9. The van der Waals surface area contributed by atoms with Gasteiger partial charge in [-0.25, -0.2) is 0 Å². The fraction of sp³-hybridized carbons (Fsp3) is 0.682. The fourth-order valence-corrected chi connectivity index (χ4v) is 4.05. The molecular weight excluding hydrogens is 354 g/mol. The molecule has 2 aliphatic rings. The smallest absolute Gasteiger partial charge is 0.191 e. The lowest BCUT2D eigenvalue weighted by Gasteiger charge is -2.27. The summed E-state index contributed by atoms with van der Waals surface area (Å²) >= 11 is 0. The number of aliphatic hydroxyl groups is 1. The van der Waals surface area contributed by atoms with Crippen LogP contribution in [0.4, 0.5) is 0 Å². The Labute approximate surface area is 168 Å². The van der Waals surface area contributed by atoms with E-state index in [2.05, 4.69) is 39.9 Å². The Bertz CT molecular complexity index is 606. The summed E-state index contributed by atoms with van der Waals surface area (Å²) in [7, 11) is 1.78. The molecule has 6 heteroatoms. The van der Waals surface area contributed by atoms with Crippen LogP contribution < -0.4 is 15.4 Å². The first-order chi connectivity index (χ1) is 13.7. The summed E-state index contributed by atoms with van der Waals surface area (Å²) in [4.78, 5) is 4.32. The molecule has 1 unspecified atom stereocenters. The molecule has 0 amide bonds. The lowest BCUT2D eigenvalue weighted by atomic mass is 9.84. The molecule has 1 atom stereocenters. The van der Waals surface area contributed by atoms with Crippen molar-refractivity contribution in [1.82, 2.24) is 10.6 Å². The largest absolute Gasteiger partial charge is 0.490 e. The van der Waals surface area contributed by atoms with Crippen molar-refractivity contribution < 1.29 is 14.6 Å². The number of hydrogen-bond donors (Lipinski definition) is 3. The van der Waals surface area contributed by atoms with Crippen LogP contribution in [0.1, 0.15) is 50.5 Å². The number of rotatable bonds is 8. The lowest BCUT2D eigenvalue weighted by Crippen LogP contribution is -2.44. The molecule has 3 rings (SSSR count). The molecule has 156 valence electrons. The number of aliphatic imine (C=N–C) groups is 1. The standard InChI is InChI=1S/C22H35N3O3/c1-23-21(25-16-22(11-13-26)12-14-27-17-22)24-15-18-7-9-20(10-8-18)28-19-5-3-2-4-6-19/h7-10,19,26H,2-6,11-17H2,1H3,(H2,23,24,25). The molecule has 1 aromatic carbocycles. The highest BCUT2D eigenvalue weighted by atomic mass is 16.5. The maximum absolute atomic E-state index is 9.35. The van der Waals surface area contributed by atoms with E-state index in [1.165, 1.54) is 37.7 Å². The van der Waals surface area contributed by atoms with Crippen LogP contribution in [0.3, 0.4) is 0 Å². The molecule has 0 spiro atoms. The monoisotopic (exact) mass is 389 g/mol. The normalized spacial score (nSPS) is 23.6. The predicted octanol–water partition coefficient (Wildman–Crippen LogP) is 2.85. The number of guanidine groups is 1. The van der Waals surface area contributed by atoms with Crippen molar-refractivity contribution in [2.24, 2.45) is 10.4 Å². The molecule has 0 bridgehead atoms. The van der Waals surface area contributed by atoms with E-state index >= 15 is 0 Å². The van der Waals surface area contributed by atoms with Gasteiger partial charge in [-0.05, 0) is 56.2 Å². The van der Waals surface area contributed by atoms with Gasteiger partial charge >= 0.3 is 0 Å². The molecule has 0 aromatic heterocycles. The third-order valence-corrected chi connectivity index (χ3v) is 5.92. The van der Waals surface area contributed by atoms with Crippen molar-refractivity contribution in [3.63, 3.8) is 0 Å². The maximum atomic E-state index is 9.35. The van der Waals surface area contributed by atoms with Crippen molar-refractivity contribution in [2.75, 3.05) is 33.4 Å². The number of nitrogens with zero attached hydrogens (tertiary/aromatic N) is 1. The first-order valence-electron chi connectivity index (χ1n) is 10.6. The molecule has 1 saturated carbocycles. The zero-order chi connectivity index (χ0) is 19.7. The van der Waals surface area contributed by atoms with E-state index in [0.29, 0.717) is 19.3 Å². The van der Waals surface area contributed by atoms with Crippen molar-refractivity contribution in [1.29, 1.82) is 0 Å².